The molecule has 2 aliphatic rings. The van der Waals surface area contributed by atoms with E-state index in [1.807, 2.05) is 36.5 Å². The quantitative estimate of drug-likeness (QED) is 0.313. The average Bonchev–Trinajstić information content (AvgIpc) is 2.88. The summed E-state index contributed by atoms with van der Waals surface area (Å²) in [6.45, 7) is 4.34. The Bertz CT molecular complexity index is 1640. The predicted molar refractivity (Wildman–Crippen MR) is 142 cm³/mol. The van der Waals surface area contributed by atoms with Crippen LogP contribution in [0.5, 0.6) is 23.0 Å². The van der Waals surface area contributed by atoms with E-state index in [4.69, 9.17) is 14.5 Å². The maximum absolute atomic E-state index is 6.59. The van der Waals surface area contributed by atoms with Gasteiger partial charge in [0.15, 0.2) is 0 Å². The Kier molecular flexibility index (Phi) is 4.37. The van der Waals surface area contributed by atoms with Gasteiger partial charge in [-0.25, -0.2) is 0 Å². The number of aromatic nitrogens is 1. The highest BCUT2D eigenvalue weighted by Gasteiger charge is 2.40. The highest BCUT2D eigenvalue weighted by atomic mass is 16.5. The molecule has 0 spiro atoms. The van der Waals surface area contributed by atoms with Crippen LogP contribution in [0.3, 0.4) is 0 Å². The van der Waals surface area contributed by atoms with Gasteiger partial charge < -0.3 is 9.47 Å². The van der Waals surface area contributed by atoms with Crippen LogP contribution in [0.1, 0.15) is 11.1 Å². The van der Waals surface area contributed by atoms with Crippen LogP contribution in [0.2, 0.25) is 0 Å². The molecule has 1 aromatic heterocycles. The molecule has 3 heterocycles. The Morgan fingerprint density at radius 1 is 0.657 bits per heavy atom. The van der Waals surface area contributed by atoms with E-state index in [9.17, 15) is 0 Å². The van der Waals surface area contributed by atoms with Crippen LogP contribution in [-0.2, 0) is 0 Å². The van der Waals surface area contributed by atoms with Crippen molar-refractivity contribution in [2.75, 3.05) is 0 Å². The van der Waals surface area contributed by atoms with Crippen LogP contribution in [0.15, 0.2) is 97.2 Å². The van der Waals surface area contributed by atoms with Crippen molar-refractivity contribution in [3.8, 4) is 45.4 Å². The van der Waals surface area contributed by atoms with Crippen molar-refractivity contribution < 1.29 is 9.47 Å². The summed E-state index contributed by atoms with van der Waals surface area (Å²) < 4.78 is 12.8. The molecule has 0 atom stereocenters. The summed E-state index contributed by atoms with van der Waals surface area (Å²) in [5.41, 5.74) is 10.2. The monoisotopic (exact) mass is 451 g/mol. The maximum atomic E-state index is 6.59. The number of rotatable bonds is 2. The van der Waals surface area contributed by atoms with E-state index in [0.717, 1.165) is 56.2 Å². The number of nitrogens with zero attached hydrogens (tertiary/aromatic N) is 1. The molecule has 166 valence electrons. The Labute approximate surface area is 205 Å². The minimum absolute atomic E-state index is 0.0531. The fourth-order valence-corrected chi connectivity index (χ4v) is 5.49. The van der Waals surface area contributed by atoms with Crippen LogP contribution >= 0.6 is 0 Å². The first kappa shape index (κ1) is 20.1. The standard InChI is InChI=1S/C31H22BNO2/c1-19-13-14-22(20(2)17-19)21-15-16-33-26(18-21)23-7-5-9-25-31(23)35-29-12-6-11-28-30(29)32(25)24-8-3-4-10-27(24)34-28/h3-18H,1-2H3. The van der Waals surface area contributed by atoms with Gasteiger partial charge in [0.2, 0.25) is 0 Å². The Hall–Kier alpha value is -4.31. The van der Waals surface area contributed by atoms with Crippen molar-refractivity contribution in [2.45, 2.75) is 13.8 Å². The zero-order valence-corrected chi connectivity index (χ0v) is 19.6. The minimum atomic E-state index is 0.0531. The van der Waals surface area contributed by atoms with Crippen molar-refractivity contribution in [3.63, 3.8) is 0 Å². The number of hydrogen-bond donors (Lipinski definition) is 0. The van der Waals surface area contributed by atoms with Gasteiger partial charge in [0.25, 0.3) is 6.71 Å². The molecular weight excluding hydrogens is 429 g/mol. The van der Waals surface area contributed by atoms with Crippen LogP contribution in [-0.4, -0.2) is 11.7 Å². The van der Waals surface area contributed by atoms with E-state index in [2.05, 4.69) is 74.5 Å². The highest BCUT2D eigenvalue weighted by Crippen LogP contribution is 2.39. The first-order chi connectivity index (χ1) is 17.2. The average molecular weight is 451 g/mol. The van der Waals surface area contributed by atoms with Crippen molar-refractivity contribution in [3.05, 3.63) is 108 Å². The lowest BCUT2D eigenvalue weighted by Gasteiger charge is -2.33. The molecule has 0 fully saturated rings. The lowest BCUT2D eigenvalue weighted by molar-refractivity contribution is 0.465. The lowest BCUT2D eigenvalue weighted by atomic mass is 9.34. The molecule has 7 rings (SSSR count). The molecule has 0 bridgehead atoms. The molecular formula is C31H22BNO2. The number of benzene rings is 4. The molecule has 4 heteroatoms. The van der Waals surface area contributed by atoms with Crippen LogP contribution in [0, 0.1) is 13.8 Å². The Morgan fingerprint density at radius 2 is 1.43 bits per heavy atom. The van der Waals surface area contributed by atoms with E-state index in [0.29, 0.717) is 0 Å². The largest absolute Gasteiger partial charge is 0.458 e. The molecule has 0 aliphatic carbocycles. The SMILES string of the molecule is Cc1ccc(-c2ccnc(-c3cccc4c3Oc3cccc5c3B4c3ccccc3O5)c2)c(C)c1. The van der Waals surface area contributed by atoms with Crippen LogP contribution in [0.4, 0.5) is 0 Å². The van der Waals surface area contributed by atoms with Crippen LogP contribution in [0.25, 0.3) is 22.4 Å². The Morgan fingerprint density at radius 3 is 2.31 bits per heavy atom. The molecule has 0 radical (unpaired) electrons. The first-order valence-electron chi connectivity index (χ1n) is 11.9. The third kappa shape index (κ3) is 3.10. The molecule has 2 aliphatic heterocycles. The zero-order valence-electron chi connectivity index (χ0n) is 19.6. The zero-order chi connectivity index (χ0) is 23.5. The van der Waals surface area contributed by atoms with Crippen LogP contribution < -0.4 is 25.9 Å². The number of ether oxygens (including phenoxy) is 2. The van der Waals surface area contributed by atoms with Gasteiger partial charge in [-0.05, 0) is 77.9 Å². The van der Waals surface area contributed by atoms with Gasteiger partial charge in [-0.1, -0.05) is 60.2 Å². The third-order valence-corrected chi connectivity index (χ3v) is 7.06. The summed E-state index contributed by atoms with van der Waals surface area (Å²) >= 11 is 0. The van der Waals surface area contributed by atoms with Gasteiger partial charge in [-0.3, -0.25) is 4.98 Å². The summed E-state index contributed by atoms with van der Waals surface area (Å²) in [4.78, 5) is 4.77. The fraction of sp³-hybridized carbons (Fsp3) is 0.0645. The normalized spacial score (nSPS) is 12.7. The number of hydrogen-bond acceptors (Lipinski definition) is 3. The van der Waals surface area contributed by atoms with Gasteiger partial charge in [0, 0.05) is 17.2 Å². The highest BCUT2D eigenvalue weighted by molar-refractivity contribution is 6.98. The number of para-hydroxylation sites is 2. The topological polar surface area (TPSA) is 31.4 Å². The fourth-order valence-electron chi connectivity index (χ4n) is 5.49. The van der Waals surface area contributed by atoms with E-state index < -0.39 is 0 Å². The second-order valence-corrected chi connectivity index (χ2v) is 9.31. The summed E-state index contributed by atoms with van der Waals surface area (Å²) in [5.74, 6) is 3.46. The van der Waals surface area contributed by atoms with Gasteiger partial charge in [0.1, 0.15) is 23.0 Å². The minimum Gasteiger partial charge on any atom is -0.458 e. The second-order valence-electron chi connectivity index (χ2n) is 9.31. The van der Waals surface area contributed by atoms with Gasteiger partial charge >= 0.3 is 0 Å². The Balaban J connectivity index is 1.42. The molecule has 0 unspecified atom stereocenters. The van der Waals surface area contributed by atoms with E-state index in [1.54, 1.807) is 0 Å². The predicted octanol–water partition coefficient (Wildman–Crippen LogP) is 5.76. The molecule has 4 aromatic carbocycles. The number of pyridine rings is 1. The summed E-state index contributed by atoms with van der Waals surface area (Å²) in [6.07, 6.45) is 1.89. The smallest absolute Gasteiger partial charge is 0.260 e. The van der Waals surface area contributed by atoms with Crippen molar-refractivity contribution >= 4 is 23.1 Å². The van der Waals surface area contributed by atoms with Crippen molar-refractivity contribution in [1.82, 2.24) is 4.98 Å². The lowest BCUT2D eigenvalue weighted by Crippen LogP contribution is -2.57. The van der Waals surface area contributed by atoms with Crippen molar-refractivity contribution in [1.29, 1.82) is 0 Å². The molecule has 5 aromatic rings. The van der Waals surface area contributed by atoms with Gasteiger partial charge in [0.05, 0.1) is 5.69 Å². The molecule has 0 N–H and O–H groups in total. The summed E-state index contributed by atoms with van der Waals surface area (Å²) in [5, 5.41) is 0. The maximum Gasteiger partial charge on any atom is 0.260 e. The molecule has 35 heavy (non-hydrogen) atoms. The molecule has 0 saturated heterocycles. The first-order valence-corrected chi connectivity index (χ1v) is 11.9. The molecule has 0 amide bonds. The third-order valence-electron chi connectivity index (χ3n) is 7.06. The summed E-state index contributed by atoms with van der Waals surface area (Å²) in [7, 11) is 0. The molecule has 3 nitrogen and oxygen atoms in total. The number of aryl methyl sites for hydroxylation is 2. The van der Waals surface area contributed by atoms with E-state index in [1.165, 1.54) is 16.7 Å². The summed E-state index contributed by atoms with van der Waals surface area (Å²) in [6, 6.07) is 31.5. The van der Waals surface area contributed by atoms with Crippen molar-refractivity contribution in [2.24, 2.45) is 0 Å². The van der Waals surface area contributed by atoms with E-state index >= 15 is 0 Å². The second kappa shape index (κ2) is 7.61. The van der Waals surface area contributed by atoms with Gasteiger partial charge in [-0.2, -0.15) is 0 Å². The van der Waals surface area contributed by atoms with E-state index in [-0.39, 0.29) is 6.71 Å². The molecule has 0 saturated carbocycles. The van der Waals surface area contributed by atoms with Gasteiger partial charge in [-0.15, -0.1) is 0 Å². The number of fused-ring (bicyclic) bond motifs is 4.